The summed E-state index contributed by atoms with van der Waals surface area (Å²) in [6.45, 7) is 5.13. The van der Waals surface area contributed by atoms with Gasteiger partial charge in [-0.1, -0.05) is 17.7 Å². The number of aryl methyl sites for hydroxylation is 1. The van der Waals surface area contributed by atoms with Gasteiger partial charge in [-0.2, -0.15) is 0 Å². The molecule has 0 saturated carbocycles. The summed E-state index contributed by atoms with van der Waals surface area (Å²) in [6, 6.07) is 19.3. The van der Waals surface area contributed by atoms with Crippen LogP contribution in [-0.2, 0) is 4.74 Å². The molecular weight excluding hydrogens is 390 g/mol. The summed E-state index contributed by atoms with van der Waals surface area (Å²) in [4.78, 5) is 20.3. The van der Waals surface area contributed by atoms with Crippen LogP contribution in [0.1, 0.15) is 15.9 Å². The van der Waals surface area contributed by atoms with Gasteiger partial charge in [-0.15, -0.1) is 0 Å². The first-order valence-electron chi connectivity index (χ1n) is 10.4. The van der Waals surface area contributed by atoms with Gasteiger partial charge in [-0.05, 0) is 55.5 Å². The van der Waals surface area contributed by atoms with Crippen LogP contribution in [0.5, 0.6) is 0 Å². The van der Waals surface area contributed by atoms with Crippen molar-refractivity contribution in [1.82, 2.24) is 4.98 Å². The van der Waals surface area contributed by atoms with Gasteiger partial charge in [0, 0.05) is 29.9 Å². The Bertz CT molecular complexity index is 1230. The van der Waals surface area contributed by atoms with E-state index in [2.05, 4.69) is 16.3 Å². The SMILES string of the molecule is Cc1ccc2nc(-c3ccco3)cc(C(=O)Nc3cccc(N4CCOCC4)c3)c2c1. The second-order valence-electron chi connectivity index (χ2n) is 7.66. The predicted octanol–water partition coefficient (Wildman–Crippen LogP) is 4.89. The number of ether oxygens (including phenoxy) is 1. The van der Waals surface area contributed by atoms with Crippen molar-refractivity contribution in [2.24, 2.45) is 0 Å². The van der Waals surface area contributed by atoms with Gasteiger partial charge < -0.3 is 19.4 Å². The van der Waals surface area contributed by atoms with Crippen LogP contribution in [0.2, 0.25) is 0 Å². The molecule has 1 fully saturated rings. The second kappa shape index (κ2) is 8.24. The van der Waals surface area contributed by atoms with Gasteiger partial charge in [0.15, 0.2) is 5.76 Å². The number of benzene rings is 2. The number of morpholine rings is 1. The lowest BCUT2D eigenvalue weighted by Gasteiger charge is -2.29. The molecule has 4 aromatic rings. The zero-order valence-corrected chi connectivity index (χ0v) is 17.3. The minimum Gasteiger partial charge on any atom is -0.463 e. The van der Waals surface area contributed by atoms with Crippen molar-refractivity contribution in [2.45, 2.75) is 6.92 Å². The average Bonchev–Trinajstić information content (AvgIpc) is 3.34. The average molecular weight is 413 g/mol. The lowest BCUT2D eigenvalue weighted by Crippen LogP contribution is -2.36. The highest BCUT2D eigenvalue weighted by atomic mass is 16.5. The number of aromatic nitrogens is 1. The first kappa shape index (κ1) is 19.3. The number of fused-ring (bicyclic) bond motifs is 1. The van der Waals surface area contributed by atoms with Gasteiger partial charge in [-0.3, -0.25) is 4.79 Å². The second-order valence-corrected chi connectivity index (χ2v) is 7.66. The Balaban J connectivity index is 1.50. The van der Waals surface area contributed by atoms with Crippen molar-refractivity contribution < 1.29 is 13.9 Å². The van der Waals surface area contributed by atoms with Crippen LogP contribution >= 0.6 is 0 Å². The molecule has 5 rings (SSSR count). The molecule has 1 saturated heterocycles. The van der Waals surface area contributed by atoms with E-state index in [1.54, 1.807) is 12.3 Å². The normalized spacial score (nSPS) is 14.0. The van der Waals surface area contributed by atoms with E-state index in [0.717, 1.165) is 40.9 Å². The Labute approximate surface area is 180 Å². The fourth-order valence-electron chi connectivity index (χ4n) is 3.88. The highest BCUT2D eigenvalue weighted by molar-refractivity contribution is 6.13. The van der Waals surface area contributed by atoms with Crippen molar-refractivity contribution in [3.05, 3.63) is 78.1 Å². The standard InChI is InChI=1S/C25H23N3O3/c1-17-7-8-22-20(14-17)21(16-23(27-22)24-6-3-11-31-24)25(29)26-18-4-2-5-19(15-18)28-9-12-30-13-10-28/h2-8,11,14-16H,9-10,12-13H2,1H3,(H,26,29). The smallest absolute Gasteiger partial charge is 0.256 e. The molecule has 2 aromatic heterocycles. The number of rotatable bonds is 4. The third kappa shape index (κ3) is 4.02. The molecular formula is C25H23N3O3. The van der Waals surface area contributed by atoms with E-state index in [1.165, 1.54) is 0 Å². The summed E-state index contributed by atoms with van der Waals surface area (Å²) in [5, 5.41) is 3.88. The number of pyridine rings is 1. The maximum Gasteiger partial charge on any atom is 0.256 e. The van der Waals surface area contributed by atoms with Crippen molar-refractivity contribution in [2.75, 3.05) is 36.5 Å². The van der Waals surface area contributed by atoms with Gasteiger partial charge in [0.05, 0.1) is 30.6 Å². The number of amides is 1. The van der Waals surface area contributed by atoms with Gasteiger partial charge in [0.2, 0.25) is 0 Å². The molecule has 1 N–H and O–H groups in total. The molecule has 1 aliphatic heterocycles. The predicted molar refractivity (Wildman–Crippen MR) is 122 cm³/mol. The molecule has 0 unspecified atom stereocenters. The van der Waals surface area contributed by atoms with Gasteiger partial charge >= 0.3 is 0 Å². The Kier molecular flexibility index (Phi) is 5.14. The maximum atomic E-state index is 13.3. The summed E-state index contributed by atoms with van der Waals surface area (Å²) in [7, 11) is 0. The number of hydrogen-bond donors (Lipinski definition) is 1. The number of nitrogens with zero attached hydrogens (tertiary/aromatic N) is 2. The zero-order valence-electron chi connectivity index (χ0n) is 17.3. The third-order valence-electron chi connectivity index (χ3n) is 5.46. The lowest BCUT2D eigenvalue weighted by atomic mass is 10.0. The van der Waals surface area contributed by atoms with Crippen molar-refractivity contribution in [3.63, 3.8) is 0 Å². The maximum absolute atomic E-state index is 13.3. The highest BCUT2D eigenvalue weighted by Crippen LogP contribution is 2.27. The van der Waals surface area contributed by atoms with E-state index < -0.39 is 0 Å². The van der Waals surface area contributed by atoms with Crippen LogP contribution < -0.4 is 10.2 Å². The van der Waals surface area contributed by atoms with E-state index in [0.29, 0.717) is 30.2 Å². The van der Waals surface area contributed by atoms with Gasteiger partial charge in [0.1, 0.15) is 5.69 Å². The number of hydrogen-bond acceptors (Lipinski definition) is 5. The summed E-state index contributed by atoms with van der Waals surface area (Å²) < 4.78 is 11.0. The van der Waals surface area contributed by atoms with Crippen LogP contribution in [0.15, 0.2) is 71.3 Å². The van der Waals surface area contributed by atoms with E-state index in [9.17, 15) is 4.79 Å². The van der Waals surface area contributed by atoms with E-state index in [1.807, 2.05) is 55.5 Å². The van der Waals surface area contributed by atoms with Crippen LogP contribution in [0.4, 0.5) is 11.4 Å². The Morgan fingerprint density at radius 3 is 2.71 bits per heavy atom. The number of carbonyl (C=O) groups is 1. The van der Waals surface area contributed by atoms with E-state index >= 15 is 0 Å². The molecule has 156 valence electrons. The zero-order chi connectivity index (χ0) is 21.2. The van der Waals surface area contributed by atoms with Crippen molar-refractivity contribution in [1.29, 1.82) is 0 Å². The molecule has 1 amide bonds. The van der Waals surface area contributed by atoms with Gasteiger partial charge in [-0.25, -0.2) is 4.98 Å². The Morgan fingerprint density at radius 2 is 1.90 bits per heavy atom. The molecule has 0 bridgehead atoms. The minimum absolute atomic E-state index is 0.176. The number of anilines is 2. The van der Waals surface area contributed by atoms with E-state index in [4.69, 9.17) is 14.1 Å². The molecule has 0 atom stereocenters. The molecule has 31 heavy (non-hydrogen) atoms. The van der Waals surface area contributed by atoms with Gasteiger partial charge in [0.25, 0.3) is 5.91 Å². The monoisotopic (exact) mass is 413 g/mol. The lowest BCUT2D eigenvalue weighted by molar-refractivity contribution is 0.102. The Hall–Kier alpha value is -3.64. The molecule has 6 heteroatoms. The van der Waals surface area contributed by atoms with Crippen LogP contribution in [0, 0.1) is 6.92 Å². The molecule has 2 aromatic carbocycles. The highest BCUT2D eigenvalue weighted by Gasteiger charge is 2.17. The number of nitrogens with one attached hydrogen (secondary N) is 1. The van der Waals surface area contributed by atoms with E-state index in [-0.39, 0.29) is 5.91 Å². The van der Waals surface area contributed by atoms with Crippen molar-refractivity contribution in [3.8, 4) is 11.5 Å². The van der Waals surface area contributed by atoms with Crippen LogP contribution in [0.25, 0.3) is 22.4 Å². The quantitative estimate of drug-likeness (QED) is 0.516. The topological polar surface area (TPSA) is 67.6 Å². The summed E-state index contributed by atoms with van der Waals surface area (Å²) in [5.74, 6) is 0.454. The number of carbonyl (C=O) groups excluding carboxylic acids is 1. The fourth-order valence-corrected chi connectivity index (χ4v) is 3.88. The molecule has 0 spiro atoms. The third-order valence-corrected chi connectivity index (χ3v) is 5.46. The first-order chi connectivity index (χ1) is 15.2. The molecule has 0 aliphatic carbocycles. The van der Waals surface area contributed by atoms with Crippen LogP contribution in [-0.4, -0.2) is 37.2 Å². The van der Waals surface area contributed by atoms with Crippen LogP contribution in [0.3, 0.4) is 0 Å². The first-order valence-corrected chi connectivity index (χ1v) is 10.4. The molecule has 1 aliphatic rings. The largest absolute Gasteiger partial charge is 0.463 e. The summed E-state index contributed by atoms with van der Waals surface area (Å²) in [6.07, 6.45) is 1.60. The summed E-state index contributed by atoms with van der Waals surface area (Å²) in [5.41, 5.74) is 4.86. The van der Waals surface area contributed by atoms with Crippen molar-refractivity contribution >= 4 is 28.2 Å². The number of furan rings is 1. The minimum atomic E-state index is -0.176. The molecule has 6 nitrogen and oxygen atoms in total. The summed E-state index contributed by atoms with van der Waals surface area (Å²) >= 11 is 0. The molecule has 3 heterocycles. The molecule has 0 radical (unpaired) electrons. The Morgan fingerprint density at radius 1 is 1.03 bits per heavy atom. The fraction of sp³-hybridized carbons (Fsp3) is 0.200.